The summed E-state index contributed by atoms with van der Waals surface area (Å²) in [5, 5.41) is 11.9. The van der Waals surface area contributed by atoms with Crippen LogP contribution in [0.1, 0.15) is 76.5 Å². The molecule has 1 aliphatic carbocycles. The highest BCUT2D eigenvalue weighted by molar-refractivity contribution is 6.22. The molecule has 0 saturated heterocycles. The summed E-state index contributed by atoms with van der Waals surface area (Å²) < 4.78 is 0. The Morgan fingerprint density at radius 1 is 1.19 bits per heavy atom. The summed E-state index contributed by atoms with van der Waals surface area (Å²) in [6.45, 7) is 2.35. The van der Waals surface area contributed by atoms with Crippen LogP contribution in [-0.4, -0.2) is 45.8 Å². The van der Waals surface area contributed by atoms with E-state index in [-0.39, 0.29) is 29.4 Å². The molecular weight excluding hydrogens is 336 g/mol. The van der Waals surface area contributed by atoms with Crippen molar-refractivity contribution in [2.75, 3.05) is 6.54 Å². The van der Waals surface area contributed by atoms with Crippen molar-refractivity contribution in [2.24, 2.45) is 0 Å². The van der Waals surface area contributed by atoms with Gasteiger partial charge in [0.15, 0.2) is 0 Å². The third kappa shape index (κ3) is 3.21. The molecule has 1 heterocycles. The lowest BCUT2D eigenvalue weighted by atomic mass is 9.74. The van der Waals surface area contributed by atoms with Gasteiger partial charge in [-0.25, -0.2) is 0 Å². The summed E-state index contributed by atoms with van der Waals surface area (Å²) in [4.78, 5) is 49.6. The molecule has 26 heavy (non-hydrogen) atoms. The number of amides is 3. The Morgan fingerprint density at radius 3 is 2.46 bits per heavy atom. The SMILES string of the molecule is CCCCN1C(=O)c2ccc(C(=O)NC3(CC(=O)O)CCC3)cc2C1=O. The van der Waals surface area contributed by atoms with Gasteiger partial charge in [-0.1, -0.05) is 13.3 Å². The number of nitrogens with zero attached hydrogens (tertiary/aromatic N) is 1. The van der Waals surface area contributed by atoms with Crippen LogP contribution in [0.3, 0.4) is 0 Å². The molecule has 1 aromatic rings. The van der Waals surface area contributed by atoms with Crippen molar-refractivity contribution < 1.29 is 24.3 Å². The maximum Gasteiger partial charge on any atom is 0.305 e. The Balaban J connectivity index is 1.79. The molecule has 0 aromatic heterocycles. The van der Waals surface area contributed by atoms with E-state index < -0.39 is 17.4 Å². The van der Waals surface area contributed by atoms with Crippen LogP contribution < -0.4 is 5.32 Å². The first kappa shape index (κ1) is 18.1. The zero-order valence-electron chi connectivity index (χ0n) is 14.7. The molecule has 0 radical (unpaired) electrons. The molecule has 7 nitrogen and oxygen atoms in total. The molecule has 3 amide bonds. The fourth-order valence-corrected chi connectivity index (χ4v) is 3.50. The summed E-state index contributed by atoms with van der Waals surface area (Å²) in [6.07, 6.45) is 3.60. The molecule has 1 fully saturated rings. The van der Waals surface area contributed by atoms with Gasteiger partial charge in [-0.15, -0.1) is 0 Å². The largest absolute Gasteiger partial charge is 0.481 e. The standard InChI is InChI=1S/C19H22N2O5/c1-2-3-9-21-17(25)13-6-5-12(10-14(13)18(21)26)16(24)20-19(7-4-8-19)11-15(22)23/h5-6,10H,2-4,7-9,11H2,1H3,(H,20,24)(H,22,23). The first-order chi connectivity index (χ1) is 12.4. The van der Waals surface area contributed by atoms with Gasteiger partial charge in [-0.2, -0.15) is 0 Å². The number of carbonyl (C=O) groups is 4. The van der Waals surface area contributed by atoms with Crippen molar-refractivity contribution in [3.8, 4) is 0 Å². The smallest absolute Gasteiger partial charge is 0.305 e. The van der Waals surface area contributed by atoms with Crippen LogP contribution in [0.15, 0.2) is 18.2 Å². The van der Waals surface area contributed by atoms with E-state index in [2.05, 4.69) is 5.32 Å². The van der Waals surface area contributed by atoms with Gasteiger partial charge in [0.1, 0.15) is 0 Å². The predicted molar refractivity (Wildman–Crippen MR) is 93.0 cm³/mol. The first-order valence-electron chi connectivity index (χ1n) is 8.91. The van der Waals surface area contributed by atoms with Crippen molar-refractivity contribution in [3.05, 3.63) is 34.9 Å². The van der Waals surface area contributed by atoms with Gasteiger partial charge < -0.3 is 10.4 Å². The fourth-order valence-electron chi connectivity index (χ4n) is 3.50. The molecule has 1 saturated carbocycles. The quantitative estimate of drug-likeness (QED) is 0.727. The molecule has 2 N–H and O–H groups in total. The van der Waals surface area contributed by atoms with Gasteiger partial charge in [-0.3, -0.25) is 24.1 Å². The van der Waals surface area contributed by atoms with Crippen molar-refractivity contribution in [3.63, 3.8) is 0 Å². The predicted octanol–water partition coefficient (Wildman–Crippen LogP) is 2.21. The minimum atomic E-state index is -0.953. The van der Waals surface area contributed by atoms with Crippen LogP contribution in [0.2, 0.25) is 0 Å². The van der Waals surface area contributed by atoms with E-state index in [4.69, 9.17) is 5.11 Å². The van der Waals surface area contributed by atoms with E-state index in [1.807, 2.05) is 6.92 Å². The summed E-state index contributed by atoms with van der Waals surface area (Å²) in [5.74, 6) is -2.07. The van der Waals surface area contributed by atoms with Crippen molar-refractivity contribution in [2.45, 2.75) is 51.0 Å². The molecule has 0 unspecified atom stereocenters. The number of fused-ring (bicyclic) bond motifs is 1. The highest BCUT2D eigenvalue weighted by Gasteiger charge is 2.41. The van der Waals surface area contributed by atoms with Crippen LogP contribution in [0.25, 0.3) is 0 Å². The lowest BCUT2D eigenvalue weighted by Crippen LogP contribution is -2.54. The molecule has 0 bridgehead atoms. The fraction of sp³-hybridized carbons (Fsp3) is 0.474. The monoisotopic (exact) mass is 358 g/mol. The number of nitrogens with one attached hydrogen (secondary N) is 1. The normalized spacial score (nSPS) is 17.7. The molecule has 2 aliphatic rings. The molecule has 0 spiro atoms. The van der Waals surface area contributed by atoms with E-state index >= 15 is 0 Å². The maximum absolute atomic E-state index is 12.6. The number of rotatable bonds is 7. The zero-order valence-corrected chi connectivity index (χ0v) is 14.7. The van der Waals surface area contributed by atoms with Gasteiger partial charge in [0, 0.05) is 12.1 Å². The highest BCUT2D eigenvalue weighted by atomic mass is 16.4. The lowest BCUT2D eigenvalue weighted by molar-refractivity contribution is -0.139. The van der Waals surface area contributed by atoms with E-state index in [1.54, 1.807) is 0 Å². The van der Waals surface area contributed by atoms with E-state index in [1.165, 1.54) is 23.1 Å². The number of hydrogen-bond acceptors (Lipinski definition) is 4. The average Bonchev–Trinajstić information content (AvgIpc) is 2.81. The zero-order chi connectivity index (χ0) is 18.9. The Labute approximate surface area is 151 Å². The number of carboxylic acid groups (broad SMARTS) is 1. The highest BCUT2D eigenvalue weighted by Crippen LogP contribution is 2.35. The van der Waals surface area contributed by atoms with E-state index in [0.717, 1.165) is 19.3 Å². The lowest BCUT2D eigenvalue weighted by Gasteiger charge is -2.41. The van der Waals surface area contributed by atoms with Gasteiger partial charge in [0.2, 0.25) is 0 Å². The van der Waals surface area contributed by atoms with Crippen LogP contribution in [0.4, 0.5) is 0 Å². The van der Waals surface area contributed by atoms with Gasteiger partial charge in [0.05, 0.1) is 23.1 Å². The third-order valence-corrected chi connectivity index (χ3v) is 5.15. The number of hydrogen-bond donors (Lipinski definition) is 2. The molecule has 138 valence electrons. The maximum atomic E-state index is 12.6. The Bertz CT molecular complexity index is 782. The van der Waals surface area contributed by atoms with Crippen molar-refractivity contribution in [1.29, 1.82) is 0 Å². The Morgan fingerprint density at radius 2 is 1.88 bits per heavy atom. The first-order valence-corrected chi connectivity index (χ1v) is 8.91. The summed E-state index contributed by atoms with van der Waals surface area (Å²) in [6, 6.07) is 4.45. The van der Waals surface area contributed by atoms with Gasteiger partial charge >= 0.3 is 5.97 Å². The molecule has 7 heteroatoms. The van der Waals surface area contributed by atoms with E-state index in [9.17, 15) is 19.2 Å². The number of benzene rings is 1. The van der Waals surface area contributed by atoms with Gasteiger partial charge in [-0.05, 0) is 43.9 Å². The van der Waals surface area contributed by atoms with Gasteiger partial charge in [0.25, 0.3) is 17.7 Å². The number of aliphatic carboxylic acids is 1. The average molecular weight is 358 g/mol. The summed E-state index contributed by atoms with van der Waals surface area (Å²) in [5.41, 5.74) is 0.0969. The van der Waals surface area contributed by atoms with Crippen LogP contribution in [-0.2, 0) is 4.79 Å². The topological polar surface area (TPSA) is 104 Å². The number of unbranched alkanes of at least 4 members (excludes halogenated alkanes) is 1. The minimum Gasteiger partial charge on any atom is -0.481 e. The third-order valence-electron chi connectivity index (χ3n) is 5.15. The Kier molecular flexibility index (Phi) is 4.80. The summed E-state index contributed by atoms with van der Waals surface area (Å²) in [7, 11) is 0. The molecule has 3 rings (SSSR count). The number of carbonyl (C=O) groups excluding carboxylic acids is 3. The number of carboxylic acids is 1. The molecule has 1 aromatic carbocycles. The van der Waals surface area contributed by atoms with Crippen LogP contribution in [0.5, 0.6) is 0 Å². The Hall–Kier alpha value is -2.70. The second-order valence-electron chi connectivity index (χ2n) is 7.03. The van der Waals surface area contributed by atoms with Crippen LogP contribution >= 0.6 is 0 Å². The van der Waals surface area contributed by atoms with Crippen molar-refractivity contribution >= 4 is 23.7 Å². The van der Waals surface area contributed by atoms with E-state index in [0.29, 0.717) is 24.9 Å². The van der Waals surface area contributed by atoms with Crippen LogP contribution in [0, 0.1) is 0 Å². The van der Waals surface area contributed by atoms with Crippen molar-refractivity contribution in [1.82, 2.24) is 10.2 Å². The number of imide groups is 1. The minimum absolute atomic E-state index is 0.119. The molecule has 0 atom stereocenters. The molecule has 1 aliphatic heterocycles. The summed E-state index contributed by atoms with van der Waals surface area (Å²) >= 11 is 0. The molecular formula is C19H22N2O5. The second-order valence-corrected chi connectivity index (χ2v) is 7.03. The second kappa shape index (κ2) is 6.90.